The Bertz CT molecular complexity index is 1260. The Morgan fingerprint density at radius 1 is 1.06 bits per heavy atom. The van der Waals surface area contributed by atoms with Gasteiger partial charge in [-0.1, -0.05) is 30.0 Å². The Morgan fingerprint density at radius 3 is 2.44 bits per heavy atom. The van der Waals surface area contributed by atoms with E-state index in [9.17, 15) is 4.79 Å². The van der Waals surface area contributed by atoms with Crippen LogP contribution in [0.25, 0.3) is 17.1 Å². The number of aromatic nitrogens is 6. The van der Waals surface area contributed by atoms with E-state index < -0.39 is 5.25 Å². The summed E-state index contributed by atoms with van der Waals surface area (Å²) in [5, 5.41) is 16.5. The van der Waals surface area contributed by atoms with E-state index >= 15 is 0 Å². The van der Waals surface area contributed by atoms with Gasteiger partial charge in [0.25, 0.3) is 0 Å². The summed E-state index contributed by atoms with van der Waals surface area (Å²) in [6.45, 7) is 7.73. The van der Waals surface area contributed by atoms with E-state index in [0.29, 0.717) is 11.0 Å². The van der Waals surface area contributed by atoms with Crippen molar-refractivity contribution >= 4 is 23.4 Å². The second-order valence-electron chi connectivity index (χ2n) is 7.58. The van der Waals surface area contributed by atoms with Gasteiger partial charge in [0, 0.05) is 25.0 Å². The maximum absolute atomic E-state index is 13.0. The molecule has 0 radical (unpaired) electrons. The molecule has 164 valence electrons. The minimum absolute atomic E-state index is 0.112. The average Bonchev–Trinajstić information content (AvgIpc) is 3.30. The highest BCUT2D eigenvalue weighted by atomic mass is 32.2. The molecule has 4 rings (SSSR count). The Kier molecular flexibility index (Phi) is 6.09. The molecule has 0 aliphatic carbocycles. The summed E-state index contributed by atoms with van der Waals surface area (Å²) >= 11 is 1.37. The second-order valence-corrected chi connectivity index (χ2v) is 8.89. The molecule has 4 aromatic rings. The number of benzene rings is 1. The highest BCUT2D eigenvalue weighted by molar-refractivity contribution is 8.00. The van der Waals surface area contributed by atoms with Crippen molar-refractivity contribution in [2.75, 3.05) is 5.32 Å². The lowest BCUT2D eigenvalue weighted by molar-refractivity contribution is -0.115. The van der Waals surface area contributed by atoms with Crippen molar-refractivity contribution in [2.45, 2.75) is 38.1 Å². The van der Waals surface area contributed by atoms with Gasteiger partial charge in [0.1, 0.15) is 0 Å². The van der Waals surface area contributed by atoms with Gasteiger partial charge < -0.3 is 5.32 Å². The van der Waals surface area contributed by atoms with Crippen LogP contribution in [0.4, 0.5) is 5.69 Å². The largest absolute Gasteiger partial charge is 0.322 e. The normalized spacial score (nSPS) is 12.0. The minimum Gasteiger partial charge on any atom is -0.322 e. The molecule has 0 saturated heterocycles. The lowest BCUT2D eigenvalue weighted by Gasteiger charge is -2.15. The summed E-state index contributed by atoms with van der Waals surface area (Å²) in [4.78, 5) is 17.1. The molecule has 3 aromatic heterocycles. The SMILES string of the molecule is Cc1ccccc1-n1c(S[C@H](C)C(=O)Nc2c(C)nn(C)c2C)nnc1-c1ccncc1. The van der Waals surface area contributed by atoms with Crippen molar-refractivity contribution in [1.82, 2.24) is 29.5 Å². The summed E-state index contributed by atoms with van der Waals surface area (Å²) in [6, 6.07) is 11.9. The number of carbonyl (C=O) groups excluding carboxylic acids is 1. The highest BCUT2D eigenvalue weighted by Crippen LogP contribution is 2.32. The third-order valence-electron chi connectivity index (χ3n) is 5.34. The number of carbonyl (C=O) groups is 1. The number of nitrogens with zero attached hydrogens (tertiary/aromatic N) is 6. The Morgan fingerprint density at radius 2 is 1.78 bits per heavy atom. The summed E-state index contributed by atoms with van der Waals surface area (Å²) in [7, 11) is 1.86. The molecular formula is C23H25N7OS. The third-order valence-corrected chi connectivity index (χ3v) is 6.38. The van der Waals surface area contributed by atoms with Crippen LogP contribution >= 0.6 is 11.8 Å². The van der Waals surface area contributed by atoms with E-state index in [1.165, 1.54) is 11.8 Å². The molecule has 3 heterocycles. The molecule has 32 heavy (non-hydrogen) atoms. The number of anilines is 1. The van der Waals surface area contributed by atoms with Crippen molar-refractivity contribution in [1.29, 1.82) is 0 Å². The predicted octanol–water partition coefficient (Wildman–Crippen LogP) is 4.11. The van der Waals surface area contributed by atoms with Crippen LogP contribution in [0.3, 0.4) is 0 Å². The van der Waals surface area contributed by atoms with Crippen LogP contribution in [0.1, 0.15) is 23.9 Å². The maximum Gasteiger partial charge on any atom is 0.237 e. The van der Waals surface area contributed by atoms with Gasteiger partial charge in [-0.15, -0.1) is 10.2 Å². The van der Waals surface area contributed by atoms with Crippen LogP contribution in [-0.2, 0) is 11.8 Å². The predicted molar refractivity (Wildman–Crippen MR) is 126 cm³/mol. The van der Waals surface area contributed by atoms with Gasteiger partial charge in [0.15, 0.2) is 11.0 Å². The third kappa shape index (κ3) is 4.16. The molecule has 8 nitrogen and oxygen atoms in total. The topological polar surface area (TPSA) is 90.5 Å². The molecule has 9 heteroatoms. The first kappa shape index (κ1) is 21.8. The summed E-state index contributed by atoms with van der Waals surface area (Å²) in [5.41, 5.74) is 5.42. The molecule has 1 aromatic carbocycles. The second kappa shape index (κ2) is 8.96. The van der Waals surface area contributed by atoms with Crippen molar-refractivity contribution in [3.63, 3.8) is 0 Å². The maximum atomic E-state index is 13.0. The number of hydrogen-bond acceptors (Lipinski definition) is 6. The molecule has 0 spiro atoms. The van der Waals surface area contributed by atoms with E-state index in [1.807, 2.05) is 75.7 Å². The molecule has 0 fully saturated rings. The van der Waals surface area contributed by atoms with Crippen molar-refractivity contribution < 1.29 is 4.79 Å². The van der Waals surface area contributed by atoms with Crippen LogP contribution in [0.5, 0.6) is 0 Å². The fourth-order valence-electron chi connectivity index (χ4n) is 3.46. The van der Waals surface area contributed by atoms with Crippen LogP contribution in [0.15, 0.2) is 53.9 Å². The summed E-state index contributed by atoms with van der Waals surface area (Å²) in [5.74, 6) is 0.592. The van der Waals surface area contributed by atoms with E-state index in [4.69, 9.17) is 0 Å². The van der Waals surface area contributed by atoms with E-state index in [2.05, 4.69) is 25.6 Å². The molecule has 1 N–H and O–H groups in total. The summed E-state index contributed by atoms with van der Waals surface area (Å²) < 4.78 is 3.76. The molecule has 0 aliphatic rings. The van der Waals surface area contributed by atoms with Gasteiger partial charge in [0.2, 0.25) is 5.91 Å². The van der Waals surface area contributed by atoms with Gasteiger partial charge in [-0.3, -0.25) is 19.0 Å². The molecule has 0 unspecified atom stereocenters. The summed E-state index contributed by atoms with van der Waals surface area (Å²) in [6.07, 6.45) is 3.46. The molecule has 1 atom stereocenters. The fraction of sp³-hybridized carbons (Fsp3) is 0.261. The van der Waals surface area contributed by atoms with Gasteiger partial charge in [-0.25, -0.2) is 0 Å². The van der Waals surface area contributed by atoms with Gasteiger partial charge in [-0.2, -0.15) is 5.10 Å². The minimum atomic E-state index is -0.397. The molecular weight excluding hydrogens is 422 g/mol. The zero-order valence-electron chi connectivity index (χ0n) is 18.7. The number of thioether (sulfide) groups is 1. The molecule has 0 bridgehead atoms. The van der Waals surface area contributed by atoms with E-state index in [0.717, 1.165) is 33.9 Å². The number of rotatable bonds is 6. The zero-order chi connectivity index (χ0) is 22.8. The van der Waals surface area contributed by atoms with Gasteiger partial charge >= 0.3 is 0 Å². The van der Waals surface area contributed by atoms with Crippen molar-refractivity contribution in [3.8, 4) is 17.1 Å². The smallest absolute Gasteiger partial charge is 0.237 e. The van der Waals surface area contributed by atoms with Crippen LogP contribution in [-0.4, -0.2) is 40.7 Å². The van der Waals surface area contributed by atoms with Gasteiger partial charge in [-0.05, 0) is 51.5 Å². The quantitative estimate of drug-likeness (QED) is 0.448. The van der Waals surface area contributed by atoms with E-state index in [1.54, 1.807) is 17.1 Å². The number of amides is 1. The van der Waals surface area contributed by atoms with Crippen molar-refractivity contribution in [3.05, 3.63) is 65.7 Å². The first-order chi connectivity index (χ1) is 15.4. The van der Waals surface area contributed by atoms with Crippen LogP contribution in [0.2, 0.25) is 0 Å². The number of pyridine rings is 1. The van der Waals surface area contributed by atoms with Gasteiger partial charge in [0.05, 0.1) is 28.0 Å². The average molecular weight is 448 g/mol. The Labute approximate surface area is 191 Å². The first-order valence-electron chi connectivity index (χ1n) is 10.3. The first-order valence-corrected chi connectivity index (χ1v) is 11.1. The molecule has 1 amide bonds. The number of aryl methyl sites for hydroxylation is 3. The fourth-order valence-corrected chi connectivity index (χ4v) is 4.32. The zero-order valence-corrected chi connectivity index (χ0v) is 19.5. The number of nitrogens with one attached hydrogen (secondary N) is 1. The molecule has 0 saturated carbocycles. The molecule has 0 aliphatic heterocycles. The standard InChI is InChI=1S/C23H25N7OS/c1-14-8-6-7-9-19(14)30-21(18-10-12-24-13-11-18)26-27-23(30)32-17(4)22(31)25-20-15(2)28-29(5)16(20)3/h6-13,17H,1-5H3,(H,25,31)/t17-/m1/s1. The van der Waals surface area contributed by atoms with E-state index in [-0.39, 0.29) is 5.91 Å². The van der Waals surface area contributed by atoms with Crippen LogP contribution < -0.4 is 5.32 Å². The van der Waals surface area contributed by atoms with Crippen molar-refractivity contribution in [2.24, 2.45) is 7.05 Å². The highest BCUT2D eigenvalue weighted by Gasteiger charge is 2.24. The number of hydrogen-bond donors (Lipinski definition) is 1. The lowest BCUT2D eigenvalue weighted by Crippen LogP contribution is -2.23. The Hall–Kier alpha value is -3.46. The Balaban J connectivity index is 1.67. The monoisotopic (exact) mass is 447 g/mol. The van der Waals surface area contributed by atoms with Crippen LogP contribution in [0, 0.1) is 20.8 Å². The number of para-hydroxylation sites is 1. The lowest BCUT2D eigenvalue weighted by atomic mass is 10.2.